The van der Waals surface area contributed by atoms with E-state index in [1.54, 1.807) is 66.9 Å². The molecule has 1 aliphatic rings. The molecule has 7 nitrogen and oxygen atoms in total. The number of pyridine rings is 1. The van der Waals surface area contributed by atoms with Gasteiger partial charge in [0.2, 0.25) is 0 Å². The minimum atomic E-state index is -0.369. The van der Waals surface area contributed by atoms with Crippen molar-refractivity contribution in [3.8, 4) is 5.75 Å². The number of amides is 3. The molecule has 4 rings (SSSR count). The van der Waals surface area contributed by atoms with Crippen LogP contribution in [0.5, 0.6) is 5.75 Å². The van der Waals surface area contributed by atoms with Gasteiger partial charge in [0.15, 0.2) is 11.6 Å². The summed E-state index contributed by atoms with van der Waals surface area (Å²) in [4.78, 5) is 43.0. The maximum absolute atomic E-state index is 12.6. The Labute approximate surface area is 166 Å². The van der Waals surface area contributed by atoms with Crippen molar-refractivity contribution in [2.45, 2.75) is 6.54 Å². The predicted octanol–water partition coefficient (Wildman–Crippen LogP) is 3.14. The van der Waals surface area contributed by atoms with Crippen molar-refractivity contribution in [1.82, 2.24) is 9.88 Å². The molecule has 3 amide bonds. The molecule has 2 aromatic carbocycles. The Balaban J connectivity index is 1.53. The zero-order valence-corrected chi connectivity index (χ0v) is 15.6. The summed E-state index contributed by atoms with van der Waals surface area (Å²) in [5.41, 5.74) is 1.84. The smallest absolute Gasteiger partial charge is 0.261 e. The maximum Gasteiger partial charge on any atom is 0.261 e. The summed E-state index contributed by atoms with van der Waals surface area (Å²) in [5, 5.41) is 2.71. The van der Waals surface area contributed by atoms with Crippen molar-refractivity contribution in [2.24, 2.45) is 0 Å². The van der Waals surface area contributed by atoms with Gasteiger partial charge in [-0.1, -0.05) is 24.3 Å². The van der Waals surface area contributed by atoms with Crippen molar-refractivity contribution in [3.05, 3.63) is 89.1 Å². The summed E-state index contributed by atoms with van der Waals surface area (Å²) >= 11 is 0. The lowest BCUT2D eigenvalue weighted by Crippen LogP contribution is -2.29. The lowest BCUT2D eigenvalue weighted by molar-refractivity contribution is 0.0642. The van der Waals surface area contributed by atoms with Crippen LogP contribution in [0.25, 0.3) is 0 Å². The van der Waals surface area contributed by atoms with Crippen LogP contribution in [0.1, 0.15) is 36.6 Å². The quantitative estimate of drug-likeness (QED) is 0.680. The molecule has 0 radical (unpaired) electrons. The number of nitrogens with one attached hydrogen (secondary N) is 1. The second-order valence-corrected chi connectivity index (χ2v) is 6.45. The zero-order chi connectivity index (χ0) is 20.4. The van der Waals surface area contributed by atoms with Gasteiger partial charge in [-0.25, -0.2) is 4.98 Å². The normalized spacial score (nSPS) is 12.7. The zero-order valence-electron chi connectivity index (χ0n) is 15.6. The molecule has 0 fully saturated rings. The molecule has 1 aromatic heterocycles. The molecule has 0 aliphatic carbocycles. The lowest BCUT2D eigenvalue weighted by Gasteiger charge is -2.14. The van der Waals surface area contributed by atoms with Gasteiger partial charge in [-0.05, 0) is 42.0 Å². The molecule has 0 atom stereocenters. The number of hydrogen-bond donors (Lipinski definition) is 1. The topological polar surface area (TPSA) is 88.6 Å². The van der Waals surface area contributed by atoms with E-state index in [0.717, 1.165) is 0 Å². The van der Waals surface area contributed by atoms with Crippen molar-refractivity contribution in [3.63, 3.8) is 0 Å². The Kier molecular flexibility index (Phi) is 4.78. The van der Waals surface area contributed by atoms with E-state index in [2.05, 4.69) is 10.3 Å². The highest BCUT2D eigenvalue weighted by Gasteiger charge is 2.35. The third-order valence-corrected chi connectivity index (χ3v) is 4.63. The van der Waals surface area contributed by atoms with Gasteiger partial charge in [0.25, 0.3) is 17.7 Å². The van der Waals surface area contributed by atoms with Gasteiger partial charge in [0, 0.05) is 11.8 Å². The van der Waals surface area contributed by atoms with Gasteiger partial charge in [0.05, 0.1) is 24.8 Å². The molecule has 1 aliphatic heterocycles. The molecule has 0 saturated heterocycles. The SMILES string of the molecule is COc1cccnc1NC(=O)c1cccc(CN2C(=O)c3ccccc3C2=O)c1. The van der Waals surface area contributed by atoms with Crippen molar-refractivity contribution < 1.29 is 19.1 Å². The van der Waals surface area contributed by atoms with Crippen molar-refractivity contribution >= 4 is 23.5 Å². The van der Waals surface area contributed by atoms with Crippen LogP contribution in [0.2, 0.25) is 0 Å². The number of ether oxygens (including phenoxy) is 1. The summed E-state index contributed by atoms with van der Waals surface area (Å²) in [5.74, 6) is -0.280. The van der Waals surface area contributed by atoms with Gasteiger partial charge >= 0.3 is 0 Å². The van der Waals surface area contributed by atoms with Crippen LogP contribution in [0, 0.1) is 0 Å². The monoisotopic (exact) mass is 387 g/mol. The second-order valence-electron chi connectivity index (χ2n) is 6.45. The Morgan fingerprint density at radius 1 is 1.00 bits per heavy atom. The molecule has 0 saturated carbocycles. The van der Waals surface area contributed by atoms with Crippen molar-refractivity contribution in [1.29, 1.82) is 0 Å². The lowest BCUT2D eigenvalue weighted by atomic mass is 10.1. The van der Waals surface area contributed by atoms with Crippen LogP contribution in [-0.2, 0) is 6.54 Å². The molecule has 29 heavy (non-hydrogen) atoms. The summed E-state index contributed by atoms with van der Waals surface area (Å²) in [7, 11) is 1.50. The molecule has 7 heteroatoms. The third-order valence-electron chi connectivity index (χ3n) is 4.63. The van der Waals surface area contributed by atoms with E-state index in [1.807, 2.05) is 0 Å². The van der Waals surface area contributed by atoms with E-state index < -0.39 is 0 Å². The van der Waals surface area contributed by atoms with E-state index >= 15 is 0 Å². The largest absolute Gasteiger partial charge is 0.493 e. The third kappa shape index (κ3) is 3.45. The standard InChI is InChI=1S/C22H17N3O4/c1-29-18-10-5-11-23-19(18)24-20(26)15-7-4-6-14(12-15)13-25-21(27)16-8-2-3-9-17(16)22(25)28/h2-12H,13H2,1H3,(H,23,24,26). The minimum absolute atomic E-state index is 0.0837. The van der Waals surface area contributed by atoms with E-state index in [-0.39, 0.29) is 24.3 Å². The van der Waals surface area contributed by atoms with E-state index in [4.69, 9.17) is 4.74 Å². The van der Waals surface area contributed by atoms with Gasteiger partial charge in [-0.3, -0.25) is 19.3 Å². The highest BCUT2D eigenvalue weighted by Crippen LogP contribution is 2.25. The first kappa shape index (κ1) is 18.4. The Morgan fingerprint density at radius 2 is 1.72 bits per heavy atom. The maximum atomic E-state index is 12.6. The molecule has 0 unspecified atom stereocenters. The number of carbonyl (C=O) groups excluding carboxylic acids is 3. The number of methoxy groups -OCH3 is 1. The fourth-order valence-electron chi connectivity index (χ4n) is 3.21. The Morgan fingerprint density at radius 3 is 2.41 bits per heavy atom. The summed E-state index contributed by atoms with van der Waals surface area (Å²) in [6.07, 6.45) is 1.55. The average Bonchev–Trinajstić information content (AvgIpc) is 2.99. The molecule has 144 valence electrons. The highest BCUT2D eigenvalue weighted by molar-refractivity contribution is 6.21. The van der Waals surface area contributed by atoms with E-state index in [0.29, 0.717) is 33.8 Å². The van der Waals surface area contributed by atoms with Gasteiger partial charge in [-0.2, -0.15) is 0 Å². The Hall–Kier alpha value is -4.00. The fraction of sp³-hybridized carbons (Fsp3) is 0.0909. The fourth-order valence-corrected chi connectivity index (χ4v) is 3.21. The van der Waals surface area contributed by atoms with Crippen LogP contribution in [0.3, 0.4) is 0 Å². The molecular weight excluding hydrogens is 370 g/mol. The first-order chi connectivity index (χ1) is 14.1. The van der Waals surface area contributed by atoms with Crippen LogP contribution >= 0.6 is 0 Å². The number of carbonyl (C=O) groups is 3. The summed E-state index contributed by atoms with van der Waals surface area (Å²) in [6.45, 7) is 0.0837. The van der Waals surface area contributed by atoms with Gasteiger partial charge in [-0.15, -0.1) is 0 Å². The average molecular weight is 387 g/mol. The van der Waals surface area contributed by atoms with Gasteiger partial charge in [0.1, 0.15) is 0 Å². The summed E-state index contributed by atoms with van der Waals surface area (Å²) in [6, 6.07) is 16.9. The highest BCUT2D eigenvalue weighted by atomic mass is 16.5. The molecule has 0 bridgehead atoms. The van der Waals surface area contributed by atoms with Crippen LogP contribution in [-0.4, -0.2) is 34.7 Å². The number of nitrogens with zero attached hydrogens (tertiary/aromatic N) is 2. The number of aromatic nitrogens is 1. The van der Waals surface area contributed by atoms with Crippen molar-refractivity contribution in [2.75, 3.05) is 12.4 Å². The van der Waals surface area contributed by atoms with Gasteiger partial charge < -0.3 is 10.1 Å². The first-order valence-electron chi connectivity index (χ1n) is 8.93. The van der Waals surface area contributed by atoms with Crippen LogP contribution in [0.15, 0.2) is 66.9 Å². The molecule has 3 aromatic rings. The molecular formula is C22H17N3O4. The number of fused-ring (bicyclic) bond motifs is 1. The van der Waals surface area contributed by atoms with E-state index in [9.17, 15) is 14.4 Å². The van der Waals surface area contributed by atoms with Crippen LogP contribution in [0.4, 0.5) is 5.82 Å². The number of imide groups is 1. The minimum Gasteiger partial charge on any atom is -0.493 e. The van der Waals surface area contributed by atoms with Crippen LogP contribution < -0.4 is 10.1 Å². The van der Waals surface area contributed by atoms with E-state index in [1.165, 1.54) is 12.0 Å². The number of hydrogen-bond acceptors (Lipinski definition) is 5. The predicted molar refractivity (Wildman–Crippen MR) is 106 cm³/mol. The second kappa shape index (κ2) is 7.55. The molecule has 0 spiro atoms. The molecule has 1 N–H and O–H groups in total. The number of benzene rings is 2. The molecule has 2 heterocycles. The first-order valence-corrected chi connectivity index (χ1v) is 8.93. The summed E-state index contributed by atoms with van der Waals surface area (Å²) < 4.78 is 5.19. The number of rotatable bonds is 5. The number of anilines is 1. The Bertz CT molecular complexity index is 1090.